The molecule has 4 heterocycles. The summed E-state index contributed by atoms with van der Waals surface area (Å²) in [5.74, 6) is -0.259. The smallest absolute Gasteiger partial charge is 0.274 e. The number of carbonyl (C=O) groups excluding carboxylic acids is 1. The van der Waals surface area contributed by atoms with Crippen molar-refractivity contribution in [1.29, 1.82) is 0 Å². The van der Waals surface area contributed by atoms with E-state index >= 15 is 0 Å². The Kier molecular flexibility index (Phi) is 5.78. The van der Waals surface area contributed by atoms with Crippen molar-refractivity contribution in [2.24, 2.45) is 7.05 Å². The molecule has 0 saturated carbocycles. The fourth-order valence-corrected chi connectivity index (χ4v) is 5.97. The molecule has 1 aliphatic heterocycles. The van der Waals surface area contributed by atoms with Gasteiger partial charge in [0.2, 0.25) is 0 Å². The molecule has 4 aromatic rings. The quantitative estimate of drug-likeness (QED) is 0.355. The summed E-state index contributed by atoms with van der Waals surface area (Å²) < 4.78 is 1.53. The number of H-pyrrole nitrogens is 1. The van der Waals surface area contributed by atoms with E-state index in [1.54, 1.807) is 27.0 Å². The first-order chi connectivity index (χ1) is 16.6. The molecule has 35 heavy (non-hydrogen) atoms. The number of hydrogen-bond acceptors (Lipinski definition) is 5. The monoisotopic (exact) mass is 510 g/mol. The molecule has 1 amide bonds. The van der Waals surface area contributed by atoms with Crippen molar-refractivity contribution in [2.75, 3.05) is 18.0 Å². The van der Waals surface area contributed by atoms with E-state index in [1.807, 2.05) is 37.4 Å². The second-order valence-electron chi connectivity index (χ2n) is 9.35. The lowest BCUT2D eigenvalue weighted by atomic mass is 10.1. The van der Waals surface area contributed by atoms with E-state index in [2.05, 4.69) is 15.2 Å². The van der Waals surface area contributed by atoms with Gasteiger partial charge in [-0.2, -0.15) is 0 Å². The van der Waals surface area contributed by atoms with E-state index < -0.39 is 5.60 Å². The molecule has 0 radical (unpaired) electrons. The van der Waals surface area contributed by atoms with Crippen LogP contribution in [0.2, 0.25) is 5.02 Å². The van der Waals surface area contributed by atoms with Crippen molar-refractivity contribution in [3.63, 3.8) is 0 Å². The van der Waals surface area contributed by atoms with Crippen molar-refractivity contribution >= 4 is 51.1 Å². The zero-order valence-electron chi connectivity index (χ0n) is 20.0. The van der Waals surface area contributed by atoms with Crippen LogP contribution in [0, 0.1) is 0 Å². The Morgan fingerprint density at radius 2 is 2.03 bits per heavy atom. The molecule has 7 nitrogen and oxygen atoms in total. The zero-order chi connectivity index (χ0) is 25.1. The summed E-state index contributed by atoms with van der Waals surface area (Å²) in [4.78, 5) is 32.5. The number of amides is 1. The van der Waals surface area contributed by atoms with Gasteiger partial charge in [0, 0.05) is 52.9 Å². The molecular formula is C26H27ClN4O3S. The largest absolute Gasteiger partial charge is 0.385 e. The number of nitrogens with one attached hydrogen (secondary N) is 2. The number of aryl methyl sites for hydroxylation is 1. The Hall–Kier alpha value is -3.07. The zero-order valence-corrected chi connectivity index (χ0v) is 21.6. The lowest BCUT2D eigenvalue weighted by Gasteiger charge is -2.21. The molecule has 0 atom stereocenters. The molecule has 0 spiro atoms. The Bertz CT molecular complexity index is 1530. The van der Waals surface area contributed by atoms with E-state index in [0.29, 0.717) is 28.2 Å². The van der Waals surface area contributed by atoms with Crippen molar-refractivity contribution in [3.8, 4) is 10.4 Å². The fourth-order valence-electron chi connectivity index (χ4n) is 4.59. The first kappa shape index (κ1) is 23.7. The molecule has 3 aromatic heterocycles. The van der Waals surface area contributed by atoms with Crippen LogP contribution in [0.3, 0.4) is 0 Å². The first-order valence-electron chi connectivity index (χ1n) is 11.5. The highest BCUT2D eigenvalue weighted by Crippen LogP contribution is 2.48. The highest BCUT2D eigenvalue weighted by atomic mass is 35.5. The SMILES string of the molecule is CCNC(=O)c1cc2c(-c3sc(C(C)(C)O)cc3N3CCc4cc(Cl)ccc43)cn(C)c(=O)c2[nH]1. The third-order valence-electron chi connectivity index (χ3n) is 6.33. The Morgan fingerprint density at radius 1 is 1.26 bits per heavy atom. The van der Waals surface area contributed by atoms with E-state index in [1.165, 1.54) is 21.5 Å². The molecule has 0 fully saturated rings. The van der Waals surface area contributed by atoms with Crippen molar-refractivity contribution in [2.45, 2.75) is 32.8 Å². The summed E-state index contributed by atoms with van der Waals surface area (Å²) in [6.07, 6.45) is 2.67. The number of hydrogen-bond donors (Lipinski definition) is 3. The van der Waals surface area contributed by atoms with E-state index in [-0.39, 0.29) is 11.5 Å². The number of benzene rings is 1. The number of aromatic amines is 1. The van der Waals surface area contributed by atoms with Crippen LogP contribution in [0.4, 0.5) is 11.4 Å². The summed E-state index contributed by atoms with van der Waals surface area (Å²) in [6.45, 7) is 6.65. The minimum absolute atomic E-state index is 0.207. The number of pyridine rings is 1. The second-order valence-corrected chi connectivity index (χ2v) is 10.8. The Morgan fingerprint density at radius 3 is 2.74 bits per heavy atom. The van der Waals surface area contributed by atoms with E-state index in [0.717, 1.165) is 39.7 Å². The number of nitrogens with zero attached hydrogens (tertiary/aromatic N) is 2. The third kappa shape index (κ3) is 4.05. The van der Waals surface area contributed by atoms with Crippen LogP contribution >= 0.6 is 22.9 Å². The van der Waals surface area contributed by atoms with Crippen molar-refractivity contribution < 1.29 is 9.90 Å². The van der Waals surface area contributed by atoms with Gasteiger partial charge in [0.25, 0.3) is 11.5 Å². The molecule has 1 aliphatic rings. The first-order valence-corrected chi connectivity index (χ1v) is 12.7. The van der Waals surface area contributed by atoms with Gasteiger partial charge in [-0.1, -0.05) is 11.6 Å². The molecule has 0 unspecified atom stereocenters. The number of aromatic nitrogens is 2. The van der Waals surface area contributed by atoms with Crippen LogP contribution in [-0.4, -0.2) is 33.7 Å². The molecule has 182 valence electrons. The number of carbonyl (C=O) groups is 1. The van der Waals surface area contributed by atoms with Gasteiger partial charge in [-0.05, 0) is 63.1 Å². The average Bonchev–Trinajstić information content (AvgIpc) is 3.52. The number of rotatable bonds is 5. The van der Waals surface area contributed by atoms with Crippen LogP contribution in [0.1, 0.15) is 41.7 Å². The molecule has 0 saturated heterocycles. The number of halogens is 1. The normalized spacial score (nSPS) is 13.5. The molecule has 0 bridgehead atoms. The minimum atomic E-state index is -1.04. The Labute approximate surface area is 212 Å². The number of thiophene rings is 1. The summed E-state index contributed by atoms with van der Waals surface area (Å²) in [6, 6.07) is 9.67. The minimum Gasteiger partial charge on any atom is -0.385 e. The standard InChI is InChI=1S/C26H27ClN4O3S/c1-5-28-24(32)18-11-16-17(13-30(4)25(33)22(16)29-18)23-20(12-21(35-23)26(2,3)34)31-9-8-14-10-15(27)6-7-19(14)31/h6-7,10-13,29,34H,5,8-9H2,1-4H3,(H,28,32). The Balaban J connectivity index is 1.76. The third-order valence-corrected chi connectivity index (χ3v) is 8.04. The van der Waals surface area contributed by atoms with E-state index in [9.17, 15) is 14.7 Å². The van der Waals surface area contributed by atoms with E-state index in [4.69, 9.17) is 11.6 Å². The number of aliphatic hydroxyl groups is 1. The highest BCUT2D eigenvalue weighted by molar-refractivity contribution is 7.16. The van der Waals surface area contributed by atoms with Crippen LogP contribution in [0.25, 0.3) is 21.3 Å². The van der Waals surface area contributed by atoms with Gasteiger partial charge < -0.3 is 24.9 Å². The predicted octanol–water partition coefficient (Wildman–Crippen LogP) is 4.92. The van der Waals surface area contributed by atoms with Crippen LogP contribution in [-0.2, 0) is 19.1 Å². The molecule has 3 N–H and O–H groups in total. The molecule has 1 aromatic carbocycles. The summed E-state index contributed by atoms with van der Waals surface area (Å²) >= 11 is 7.73. The maximum Gasteiger partial charge on any atom is 0.274 e. The lowest BCUT2D eigenvalue weighted by molar-refractivity contribution is 0.0825. The van der Waals surface area contributed by atoms with Gasteiger partial charge in [0.05, 0.1) is 16.2 Å². The van der Waals surface area contributed by atoms with Crippen LogP contribution in [0.15, 0.2) is 41.3 Å². The van der Waals surface area contributed by atoms with Gasteiger partial charge in [-0.15, -0.1) is 11.3 Å². The van der Waals surface area contributed by atoms with Gasteiger partial charge >= 0.3 is 0 Å². The molecule has 9 heteroatoms. The van der Waals surface area contributed by atoms with Gasteiger partial charge in [0.15, 0.2) is 0 Å². The molecule has 0 aliphatic carbocycles. The predicted molar refractivity (Wildman–Crippen MR) is 142 cm³/mol. The number of anilines is 2. The van der Waals surface area contributed by atoms with Gasteiger partial charge in [-0.3, -0.25) is 9.59 Å². The summed E-state index contributed by atoms with van der Waals surface area (Å²) in [5, 5.41) is 15.0. The fraction of sp³-hybridized carbons (Fsp3) is 0.308. The van der Waals surface area contributed by atoms with Crippen molar-refractivity contribution in [1.82, 2.24) is 14.9 Å². The number of fused-ring (bicyclic) bond motifs is 2. The van der Waals surface area contributed by atoms with Gasteiger partial charge in [-0.25, -0.2) is 0 Å². The molecular weight excluding hydrogens is 484 g/mol. The summed E-state index contributed by atoms with van der Waals surface area (Å²) in [7, 11) is 1.70. The second kappa shape index (κ2) is 8.55. The van der Waals surface area contributed by atoms with Crippen LogP contribution < -0.4 is 15.8 Å². The van der Waals surface area contributed by atoms with Gasteiger partial charge in [0.1, 0.15) is 11.2 Å². The average molecular weight is 511 g/mol. The highest BCUT2D eigenvalue weighted by Gasteiger charge is 2.30. The maximum absolute atomic E-state index is 12.9. The van der Waals surface area contributed by atoms with Crippen molar-refractivity contribution in [3.05, 3.63) is 68.0 Å². The maximum atomic E-state index is 12.9. The lowest BCUT2D eigenvalue weighted by Crippen LogP contribution is -2.23. The molecule has 5 rings (SSSR count). The van der Waals surface area contributed by atoms with Crippen LogP contribution in [0.5, 0.6) is 0 Å². The topological polar surface area (TPSA) is 90.4 Å². The summed E-state index contributed by atoms with van der Waals surface area (Å²) in [5.41, 5.74) is 3.50.